The van der Waals surface area contributed by atoms with Gasteiger partial charge < -0.3 is 10.2 Å². The fourth-order valence-electron chi connectivity index (χ4n) is 3.03. The van der Waals surface area contributed by atoms with Crippen molar-refractivity contribution in [3.8, 4) is 0 Å². The number of nitrogens with one attached hydrogen (secondary N) is 2. The molecule has 1 aromatic carbocycles. The second-order valence-corrected chi connectivity index (χ2v) is 6.63. The quantitative estimate of drug-likeness (QED) is 0.649. The van der Waals surface area contributed by atoms with Crippen molar-refractivity contribution in [1.29, 1.82) is 0 Å². The number of carbonyl (C=O) groups excluding carboxylic acids is 1. The Labute approximate surface area is 137 Å². The van der Waals surface area contributed by atoms with Crippen molar-refractivity contribution < 1.29 is 14.6 Å². The smallest absolute Gasteiger partial charge is 0.279 e. The molecule has 0 radical (unpaired) electrons. The number of nitrogens with zero attached hydrogens (tertiary/aromatic N) is 1. The summed E-state index contributed by atoms with van der Waals surface area (Å²) in [5, 5.41) is 15.5. The SMILES string of the molecule is O=C(C[NH+]1CCC[C@H]1c1cccs1)Nc1ccc([N+](=O)[O-])cc1. The number of likely N-dealkylation sites (tertiary alicyclic amines) is 1. The molecule has 1 aliphatic heterocycles. The fourth-order valence-corrected chi connectivity index (χ4v) is 3.95. The maximum atomic E-state index is 12.2. The topological polar surface area (TPSA) is 76.7 Å². The van der Waals surface area contributed by atoms with E-state index >= 15 is 0 Å². The Kier molecular flexibility index (Phi) is 4.68. The molecule has 2 aromatic rings. The van der Waals surface area contributed by atoms with Crippen molar-refractivity contribution in [3.63, 3.8) is 0 Å². The average Bonchev–Trinajstić information content (AvgIpc) is 3.18. The number of nitro groups is 1. The monoisotopic (exact) mass is 332 g/mol. The Morgan fingerprint density at radius 3 is 2.78 bits per heavy atom. The summed E-state index contributed by atoms with van der Waals surface area (Å²) in [6.45, 7) is 1.41. The van der Waals surface area contributed by atoms with Crippen molar-refractivity contribution in [3.05, 3.63) is 56.8 Å². The molecule has 0 bridgehead atoms. The Hall–Kier alpha value is -2.25. The molecule has 2 atom stereocenters. The van der Waals surface area contributed by atoms with Crippen molar-refractivity contribution >= 4 is 28.6 Å². The third-order valence-corrected chi connectivity index (χ3v) is 5.11. The van der Waals surface area contributed by atoms with Crippen LogP contribution in [0.25, 0.3) is 0 Å². The van der Waals surface area contributed by atoms with E-state index in [9.17, 15) is 14.9 Å². The van der Waals surface area contributed by atoms with Crippen LogP contribution in [0.1, 0.15) is 23.8 Å². The molecule has 7 heteroatoms. The zero-order valence-electron chi connectivity index (χ0n) is 12.5. The predicted octanol–water partition coefficient (Wildman–Crippen LogP) is 2.01. The molecule has 120 valence electrons. The number of anilines is 1. The first kappa shape index (κ1) is 15.6. The number of benzene rings is 1. The minimum atomic E-state index is -0.453. The molecular weight excluding hydrogens is 314 g/mol. The van der Waals surface area contributed by atoms with E-state index in [-0.39, 0.29) is 11.6 Å². The lowest BCUT2D eigenvalue weighted by molar-refractivity contribution is -0.910. The van der Waals surface area contributed by atoms with Gasteiger partial charge in [0.2, 0.25) is 0 Å². The summed E-state index contributed by atoms with van der Waals surface area (Å²) >= 11 is 1.74. The number of rotatable bonds is 5. The molecule has 1 fully saturated rings. The molecule has 23 heavy (non-hydrogen) atoms. The maximum Gasteiger partial charge on any atom is 0.279 e. The minimum Gasteiger partial charge on any atom is -0.321 e. The first-order valence-corrected chi connectivity index (χ1v) is 8.44. The van der Waals surface area contributed by atoms with Gasteiger partial charge >= 0.3 is 0 Å². The average molecular weight is 332 g/mol. The van der Waals surface area contributed by atoms with Gasteiger partial charge in [-0.2, -0.15) is 0 Å². The molecule has 0 saturated carbocycles. The molecule has 2 N–H and O–H groups in total. The fraction of sp³-hybridized carbons (Fsp3) is 0.312. The highest BCUT2D eigenvalue weighted by Gasteiger charge is 2.32. The van der Waals surface area contributed by atoms with Crippen LogP contribution in [0.15, 0.2) is 41.8 Å². The zero-order chi connectivity index (χ0) is 16.2. The third kappa shape index (κ3) is 3.75. The van der Waals surface area contributed by atoms with Gasteiger partial charge in [0.05, 0.1) is 16.3 Å². The minimum absolute atomic E-state index is 0.0194. The lowest BCUT2D eigenvalue weighted by Crippen LogP contribution is -3.11. The van der Waals surface area contributed by atoms with Crippen molar-refractivity contribution in [2.45, 2.75) is 18.9 Å². The number of hydrogen-bond acceptors (Lipinski definition) is 4. The molecule has 1 saturated heterocycles. The number of nitro benzene ring substituents is 1. The van der Waals surface area contributed by atoms with E-state index in [4.69, 9.17) is 0 Å². The third-order valence-electron chi connectivity index (χ3n) is 4.12. The summed E-state index contributed by atoms with van der Waals surface area (Å²) in [6, 6.07) is 10.5. The van der Waals surface area contributed by atoms with Gasteiger partial charge in [0, 0.05) is 30.7 Å². The van der Waals surface area contributed by atoms with Crippen LogP contribution in [0.4, 0.5) is 11.4 Å². The van der Waals surface area contributed by atoms with Gasteiger partial charge in [0.1, 0.15) is 6.04 Å². The molecule has 1 aromatic heterocycles. The van der Waals surface area contributed by atoms with Gasteiger partial charge in [-0.3, -0.25) is 14.9 Å². The van der Waals surface area contributed by atoms with Crippen molar-refractivity contribution in [2.75, 3.05) is 18.4 Å². The van der Waals surface area contributed by atoms with E-state index in [1.165, 1.54) is 21.9 Å². The van der Waals surface area contributed by atoms with Gasteiger partial charge in [-0.15, -0.1) is 11.3 Å². The molecular formula is C16H18N3O3S+. The summed E-state index contributed by atoms with van der Waals surface area (Å²) < 4.78 is 0. The molecule has 1 aliphatic rings. The Morgan fingerprint density at radius 1 is 1.35 bits per heavy atom. The first-order chi connectivity index (χ1) is 11.1. The van der Waals surface area contributed by atoms with E-state index in [1.807, 2.05) is 6.07 Å². The second-order valence-electron chi connectivity index (χ2n) is 5.65. The van der Waals surface area contributed by atoms with Crippen LogP contribution in [0, 0.1) is 10.1 Å². The number of carbonyl (C=O) groups is 1. The lowest BCUT2D eigenvalue weighted by Gasteiger charge is -2.20. The molecule has 6 nitrogen and oxygen atoms in total. The molecule has 0 spiro atoms. The summed E-state index contributed by atoms with van der Waals surface area (Å²) in [6.07, 6.45) is 2.24. The van der Waals surface area contributed by atoms with Gasteiger partial charge in [-0.25, -0.2) is 0 Å². The van der Waals surface area contributed by atoms with Gasteiger partial charge in [0.25, 0.3) is 11.6 Å². The Bertz CT molecular complexity index is 685. The second kappa shape index (κ2) is 6.89. The predicted molar refractivity (Wildman–Crippen MR) is 88.7 cm³/mol. The van der Waals surface area contributed by atoms with Crippen LogP contribution in [0.2, 0.25) is 0 Å². The largest absolute Gasteiger partial charge is 0.321 e. The molecule has 3 rings (SSSR count). The van der Waals surface area contributed by atoms with E-state index in [2.05, 4.69) is 16.8 Å². The summed E-state index contributed by atoms with van der Waals surface area (Å²) in [7, 11) is 0. The van der Waals surface area contributed by atoms with E-state index < -0.39 is 4.92 Å². The van der Waals surface area contributed by atoms with Gasteiger partial charge in [-0.05, 0) is 23.6 Å². The normalized spacial score (nSPS) is 20.3. The first-order valence-electron chi connectivity index (χ1n) is 7.56. The number of amides is 1. The lowest BCUT2D eigenvalue weighted by atomic mass is 10.2. The van der Waals surface area contributed by atoms with Crippen LogP contribution in [-0.4, -0.2) is 23.9 Å². The van der Waals surface area contributed by atoms with Crippen molar-refractivity contribution in [1.82, 2.24) is 0 Å². The van der Waals surface area contributed by atoms with E-state index in [0.29, 0.717) is 18.3 Å². The zero-order valence-corrected chi connectivity index (χ0v) is 13.3. The van der Waals surface area contributed by atoms with Gasteiger partial charge in [-0.1, -0.05) is 6.07 Å². The van der Waals surface area contributed by atoms with Crippen LogP contribution in [-0.2, 0) is 4.79 Å². The summed E-state index contributed by atoms with van der Waals surface area (Å²) in [4.78, 5) is 25.0. The highest BCUT2D eigenvalue weighted by atomic mass is 32.1. The van der Waals surface area contributed by atoms with Crippen LogP contribution < -0.4 is 10.2 Å². The maximum absolute atomic E-state index is 12.2. The van der Waals surface area contributed by atoms with Crippen LogP contribution in [0.3, 0.4) is 0 Å². The molecule has 2 heterocycles. The Morgan fingerprint density at radius 2 is 2.13 bits per heavy atom. The summed E-state index contributed by atoms with van der Waals surface area (Å²) in [5.74, 6) is -0.0580. The molecule has 1 amide bonds. The van der Waals surface area contributed by atoms with E-state index in [1.54, 1.807) is 23.5 Å². The summed E-state index contributed by atoms with van der Waals surface area (Å²) in [5.41, 5.74) is 0.609. The Balaban J connectivity index is 1.59. The van der Waals surface area contributed by atoms with Crippen molar-refractivity contribution in [2.24, 2.45) is 0 Å². The molecule has 1 unspecified atom stereocenters. The van der Waals surface area contributed by atoms with Crippen LogP contribution in [0.5, 0.6) is 0 Å². The number of hydrogen-bond donors (Lipinski definition) is 2. The standard InChI is InChI=1S/C16H17N3O3S/c20-16(17-12-5-7-13(8-6-12)19(21)22)11-18-9-1-3-14(18)15-4-2-10-23-15/h2,4-8,10,14H,1,3,9,11H2,(H,17,20)/p+1/t14-/m0/s1. The number of quaternary nitrogens is 1. The van der Waals surface area contributed by atoms with Crippen LogP contribution >= 0.6 is 11.3 Å². The number of non-ortho nitro benzene ring substituents is 1. The number of thiophene rings is 1. The molecule has 0 aliphatic carbocycles. The van der Waals surface area contributed by atoms with Gasteiger partial charge in [0.15, 0.2) is 6.54 Å². The highest BCUT2D eigenvalue weighted by Crippen LogP contribution is 2.23. The van der Waals surface area contributed by atoms with E-state index in [0.717, 1.165) is 19.4 Å². The highest BCUT2D eigenvalue weighted by molar-refractivity contribution is 7.10.